The van der Waals surface area contributed by atoms with E-state index in [9.17, 15) is 18.0 Å². The van der Waals surface area contributed by atoms with Gasteiger partial charge in [-0.1, -0.05) is 68.6 Å². The number of Topliss-reactive ketones (excluding diaryl/α,β-unsaturated/α-hetero) is 1. The second kappa shape index (κ2) is 14.2. The van der Waals surface area contributed by atoms with Crippen LogP contribution in [0.2, 0.25) is 5.02 Å². The van der Waals surface area contributed by atoms with E-state index in [2.05, 4.69) is 9.82 Å². The van der Waals surface area contributed by atoms with Gasteiger partial charge < -0.3 is 0 Å². The third kappa shape index (κ3) is 8.17. The van der Waals surface area contributed by atoms with E-state index in [4.69, 9.17) is 11.6 Å². The van der Waals surface area contributed by atoms with Gasteiger partial charge in [0, 0.05) is 35.1 Å². The molecule has 0 amide bonds. The first-order valence-electron chi connectivity index (χ1n) is 15.2. The molecule has 0 fully saturated rings. The number of carbonyl (C=O) groups excluding carboxylic acids is 1. The molecule has 1 aromatic heterocycles. The van der Waals surface area contributed by atoms with Crippen molar-refractivity contribution >= 4 is 27.4 Å². The molecule has 4 rings (SSSR count). The number of nitrogens with zero attached hydrogens (tertiary/aromatic N) is 3. The van der Waals surface area contributed by atoms with Gasteiger partial charge in [-0.3, -0.25) is 9.36 Å². The molecule has 4 aromatic rings. The third-order valence-corrected chi connectivity index (χ3v) is 9.39. The molecule has 8 nitrogen and oxygen atoms in total. The SMILES string of the molecule is CCCCC(=O)c1ccc(Cl)c(-n2nc(CCCC)n(Cc3ccc(-c4ccccc4S(=O)(=O)NC(C)(C)C)cc3F)c2=O)c1. The number of aryl methyl sites for hydroxylation is 1. The fourth-order valence-corrected chi connectivity index (χ4v) is 6.86. The van der Waals surface area contributed by atoms with Crippen molar-refractivity contribution in [3.8, 4) is 16.8 Å². The highest BCUT2D eigenvalue weighted by Crippen LogP contribution is 2.30. The summed E-state index contributed by atoms with van der Waals surface area (Å²) in [5, 5.41) is 4.84. The van der Waals surface area contributed by atoms with Crippen LogP contribution >= 0.6 is 11.6 Å². The zero-order valence-corrected chi connectivity index (χ0v) is 27.9. The number of rotatable bonds is 13. The molecule has 11 heteroatoms. The van der Waals surface area contributed by atoms with Gasteiger partial charge in [0.05, 0.1) is 22.2 Å². The highest BCUT2D eigenvalue weighted by Gasteiger charge is 2.25. The molecule has 3 aromatic carbocycles. The van der Waals surface area contributed by atoms with E-state index in [1.54, 1.807) is 69.3 Å². The smallest absolute Gasteiger partial charge is 0.294 e. The first-order valence-corrected chi connectivity index (χ1v) is 17.1. The van der Waals surface area contributed by atoms with Crippen molar-refractivity contribution in [1.29, 1.82) is 0 Å². The van der Waals surface area contributed by atoms with E-state index >= 15 is 4.39 Å². The van der Waals surface area contributed by atoms with Gasteiger partial charge >= 0.3 is 5.69 Å². The molecule has 0 spiro atoms. The quantitative estimate of drug-likeness (QED) is 0.152. The Balaban J connectivity index is 1.73. The molecule has 0 aliphatic carbocycles. The van der Waals surface area contributed by atoms with Crippen LogP contribution in [0.3, 0.4) is 0 Å². The maximum absolute atomic E-state index is 15.7. The normalized spacial score (nSPS) is 12.1. The molecule has 1 heterocycles. The van der Waals surface area contributed by atoms with Crippen LogP contribution in [0.1, 0.15) is 88.5 Å². The summed E-state index contributed by atoms with van der Waals surface area (Å²) in [6, 6.07) is 15.7. The van der Waals surface area contributed by atoms with E-state index < -0.39 is 27.1 Å². The van der Waals surface area contributed by atoms with E-state index in [0.29, 0.717) is 35.4 Å². The maximum Gasteiger partial charge on any atom is 0.351 e. The molecule has 0 saturated carbocycles. The Morgan fingerprint density at radius 2 is 1.71 bits per heavy atom. The topological polar surface area (TPSA) is 103 Å². The van der Waals surface area contributed by atoms with Gasteiger partial charge in [0.25, 0.3) is 0 Å². The molecule has 240 valence electrons. The van der Waals surface area contributed by atoms with E-state index in [-0.39, 0.29) is 33.5 Å². The summed E-state index contributed by atoms with van der Waals surface area (Å²) in [5.41, 5.74) is 0.506. The maximum atomic E-state index is 15.7. The predicted octanol–water partition coefficient (Wildman–Crippen LogP) is 7.33. The van der Waals surface area contributed by atoms with Gasteiger partial charge in [-0.2, -0.15) is 4.68 Å². The molecule has 0 aliphatic rings. The Labute approximate surface area is 269 Å². The molecular formula is C34H40ClFN4O4S. The average Bonchev–Trinajstić information content (AvgIpc) is 3.29. The fraction of sp³-hybridized carbons (Fsp3) is 0.382. The lowest BCUT2D eigenvalue weighted by atomic mass is 10.0. The minimum atomic E-state index is -3.89. The lowest BCUT2D eigenvalue weighted by Gasteiger charge is -2.21. The number of hydrogen-bond acceptors (Lipinski definition) is 5. The van der Waals surface area contributed by atoms with Gasteiger partial charge in [0.15, 0.2) is 5.78 Å². The summed E-state index contributed by atoms with van der Waals surface area (Å²) < 4.78 is 47.3. The Hall–Kier alpha value is -3.60. The van der Waals surface area contributed by atoms with Crippen LogP contribution in [0.25, 0.3) is 16.8 Å². The fourth-order valence-electron chi connectivity index (χ4n) is 5.01. The molecule has 0 atom stereocenters. The largest absolute Gasteiger partial charge is 0.351 e. The lowest BCUT2D eigenvalue weighted by molar-refractivity contribution is 0.0979. The van der Waals surface area contributed by atoms with Gasteiger partial charge in [-0.05, 0) is 69.5 Å². The van der Waals surface area contributed by atoms with Crippen molar-refractivity contribution in [3.05, 3.63) is 98.9 Å². The van der Waals surface area contributed by atoms with Crippen LogP contribution in [0.4, 0.5) is 4.39 Å². The number of sulfonamides is 1. The van der Waals surface area contributed by atoms with Gasteiger partial charge in [0.2, 0.25) is 10.0 Å². The van der Waals surface area contributed by atoms with Crippen LogP contribution in [-0.4, -0.2) is 34.1 Å². The van der Waals surface area contributed by atoms with Crippen LogP contribution in [-0.2, 0) is 23.0 Å². The number of hydrogen-bond donors (Lipinski definition) is 1. The standard InChI is InChI=1S/C34H40ClFN4O4S/c1-6-8-13-30(41)24-18-19-27(35)29(21-24)40-33(42)39(32(37-40)15-9-7-2)22-25-17-16-23(20-28(25)36)26-12-10-11-14-31(26)45(43,44)38-34(3,4)5/h10-12,14,16-21,38H,6-9,13,15,22H2,1-5H3. The summed E-state index contributed by atoms with van der Waals surface area (Å²) in [5.74, 6) is -0.168. The Morgan fingerprint density at radius 3 is 2.38 bits per heavy atom. The summed E-state index contributed by atoms with van der Waals surface area (Å²) in [7, 11) is -3.89. The number of nitrogens with one attached hydrogen (secondary N) is 1. The molecule has 0 radical (unpaired) electrons. The Kier molecular flexibility index (Phi) is 10.8. The Bertz CT molecular complexity index is 1860. The van der Waals surface area contributed by atoms with Crippen LogP contribution in [0.5, 0.6) is 0 Å². The van der Waals surface area contributed by atoms with Gasteiger partial charge in [-0.25, -0.2) is 22.3 Å². The summed E-state index contributed by atoms with van der Waals surface area (Å²) in [6.07, 6.45) is 4.13. The molecule has 0 unspecified atom stereocenters. The number of unbranched alkanes of at least 4 members (excludes halogenated alkanes) is 2. The van der Waals surface area contributed by atoms with E-state index in [0.717, 1.165) is 25.7 Å². The lowest BCUT2D eigenvalue weighted by Crippen LogP contribution is -2.40. The number of halogens is 2. The van der Waals surface area contributed by atoms with Crippen molar-refractivity contribution in [2.24, 2.45) is 0 Å². The van der Waals surface area contributed by atoms with Crippen molar-refractivity contribution in [3.63, 3.8) is 0 Å². The minimum absolute atomic E-state index is 0.0405. The molecule has 1 N–H and O–H groups in total. The summed E-state index contributed by atoms with van der Waals surface area (Å²) in [6.45, 7) is 9.18. The summed E-state index contributed by atoms with van der Waals surface area (Å²) >= 11 is 6.49. The van der Waals surface area contributed by atoms with Crippen LogP contribution in [0.15, 0.2) is 70.4 Å². The first-order chi connectivity index (χ1) is 21.3. The third-order valence-electron chi connectivity index (χ3n) is 7.26. The summed E-state index contributed by atoms with van der Waals surface area (Å²) in [4.78, 5) is 26.5. The van der Waals surface area contributed by atoms with Gasteiger partial charge in [-0.15, -0.1) is 5.10 Å². The van der Waals surface area contributed by atoms with E-state index in [1.165, 1.54) is 21.4 Å². The number of carbonyl (C=O) groups is 1. The van der Waals surface area contributed by atoms with Gasteiger partial charge in [0.1, 0.15) is 11.6 Å². The molecule has 45 heavy (non-hydrogen) atoms. The number of benzene rings is 3. The second-order valence-corrected chi connectivity index (χ2v) is 14.2. The van der Waals surface area contributed by atoms with Crippen molar-refractivity contribution < 1.29 is 17.6 Å². The first kappa shape index (κ1) is 34.3. The second-order valence-electron chi connectivity index (χ2n) is 12.2. The van der Waals surface area contributed by atoms with Crippen molar-refractivity contribution in [2.75, 3.05) is 0 Å². The highest BCUT2D eigenvalue weighted by atomic mass is 35.5. The predicted molar refractivity (Wildman–Crippen MR) is 176 cm³/mol. The van der Waals surface area contributed by atoms with E-state index in [1.807, 2.05) is 13.8 Å². The average molecular weight is 655 g/mol. The molecule has 0 bridgehead atoms. The number of aromatic nitrogens is 3. The molecule has 0 saturated heterocycles. The zero-order valence-electron chi connectivity index (χ0n) is 26.4. The molecule has 0 aliphatic heterocycles. The highest BCUT2D eigenvalue weighted by molar-refractivity contribution is 7.89. The monoisotopic (exact) mass is 654 g/mol. The van der Waals surface area contributed by atoms with Crippen molar-refractivity contribution in [2.45, 2.75) is 90.1 Å². The minimum Gasteiger partial charge on any atom is -0.294 e. The Morgan fingerprint density at radius 1 is 1.00 bits per heavy atom. The van der Waals surface area contributed by atoms with Crippen molar-refractivity contribution in [1.82, 2.24) is 19.1 Å². The molecular weight excluding hydrogens is 615 g/mol. The van der Waals surface area contributed by atoms with Crippen LogP contribution in [0, 0.1) is 5.82 Å². The number of ketones is 1. The van der Waals surface area contributed by atoms with Crippen LogP contribution < -0.4 is 10.4 Å². The zero-order chi connectivity index (χ0) is 32.9.